The summed E-state index contributed by atoms with van der Waals surface area (Å²) in [5.41, 5.74) is 1.50. The van der Waals surface area contributed by atoms with Crippen molar-refractivity contribution in [3.63, 3.8) is 0 Å². The summed E-state index contributed by atoms with van der Waals surface area (Å²) in [6.07, 6.45) is 1.75. The highest BCUT2D eigenvalue weighted by atomic mass is 35.5. The van der Waals surface area contributed by atoms with Gasteiger partial charge in [0.15, 0.2) is 11.0 Å². The minimum absolute atomic E-state index is 0.148. The molecule has 8 heteroatoms. The molecule has 3 rings (SSSR count). The van der Waals surface area contributed by atoms with E-state index in [1.165, 1.54) is 23.9 Å². The Morgan fingerprint density at radius 1 is 1.19 bits per heavy atom. The normalized spacial score (nSPS) is 10.6. The maximum absolute atomic E-state index is 12.2. The number of phenolic OH excluding ortho intramolecular Hbond substituents is 1. The molecule has 0 aliphatic carbocycles. The van der Waals surface area contributed by atoms with Gasteiger partial charge in [-0.05, 0) is 48.5 Å². The van der Waals surface area contributed by atoms with Crippen molar-refractivity contribution in [2.75, 3.05) is 11.1 Å². The number of amides is 1. The average molecular weight is 401 g/mol. The van der Waals surface area contributed by atoms with Crippen LogP contribution in [0.15, 0.2) is 66.3 Å². The van der Waals surface area contributed by atoms with Crippen LogP contribution in [0, 0.1) is 0 Å². The van der Waals surface area contributed by atoms with Gasteiger partial charge in [-0.25, -0.2) is 0 Å². The van der Waals surface area contributed by atoms with Gasteiger partial charge >= 0.3 is 0 Å². The molecule has 2 N–H and O–H groups in total. The Kier molecular flexibility index (Phi) is 6.16. The number of thioether (sulfide) groups is 1. The highest BCUT2D eigenvalue weighted by Crippen LogP contribution is 2.25. The van der Waals surface area contributed by atoms with Crippen LogP contribution >= 0.6 is 23.4 Å². The van der Waals surface area contributed by atoms with Gasteiger partial charge in [-0.1, -0.05) is 29.4 Å². The van der Waals surface area contributed by atoms with E-state index < -0.39 is 0 Å². The number of phenols is 1. The van der Waals surface area contributed by atoms with Gasteiger partial charge in [0.25, 0.3) is 0 Å². The Hall–Kier alpha value is -2.77. The molecule has 138 valence electrons. The fourth-order valence-corrected chi connectivity index (χ4v) is 3.25. The van der Waals surface area contributed by atoms with Crippen LogP contribution in [-0.2, 0) is 11.3 Å². The monoisotopic (exact) mass is 400 g/mol. The molecule has 6 nitrogen and oxygen atoms in total. The second kappa shape index (κ2) is 8.75. The smallest absolute Gasteiger partial charge is 0.234 e. The Morgan fingerprint density at radius 3 is 2.56 bits per heavy atom. The number of halogens is 1. The Morgan fingerprint density at radius 2 is 1.89 bits per heavy atom. The minimum atomic E-state index is -0.174. The van der Waals surface area contributed by atoms with Crippen molar-refractivity contribution in [1.29, 1.82) is 0 Å². The van der Waals surface area contributed by atoms with E-state index in [9.17, 15) is 9.90 Å². The zero-order valence-corrected chi connectivity index (χ0v) is 15.9. The molecule has 0 aliphatic rings. The lowest BCUT2D eigenvalue weighted by molar-refractivity contribution is -0.113. The number of nitrogens with zero attached hydrogens (tertiary/aromatic N) is 3. The van der Waals surface area contributed by atoms with E-state index in [0.717, 1.165) is 5.56 Å². The van der Waals surface area contributed by atoms with Crippen LogP contribution in [0.3, 0.4) is 0 Å². The quantitative estimate of drug-likeness (QED) is 0.352. The predicted molar refractivity (Wildman–Crippen MR) is 108 cm³/mol. The number of carbonyl (C=O) groups is 1. The number of nitrogens with one attached hydrogen (secondary N) is 1. The fraction of sp³-hybridized carbons (Fsp3) is 0.105. The number of hydrogen-bond donors (Lipinski definition) is 2. The van der Waals surface area contributed by atoms with Crippen LogP contribution in [0.1, 0.15) is 0 Å². The number of rotatable bonds is 7. The molecule has 1 aromatic heterocycles. The predicted octanol–water partition coefficient (Wildman–Crippen LogP) is 4.22. The zero-order valence-electron chi connectivity index (χ0n) is 14.3. The Balaban J connectivity index is 1.70. The van der Waals surface area contributed by atoms with Crippen molar-refractivity contribution < 1.29 is 9.90 Å². The van der Waals surface area contributed by atoms with Crippen molar-refractivity contribution in [2.24, 2.45) is 0 Å². The van der Waals surface area contributed by atoms with Crippen LogP contribution in [0.5, 0.6) is 5.75 Å². The minimum Gasteiger partial charge on any atom is -0.508 e. The summed E-state index contributed by atoms with van der Waals surface area (Å²) in [4.78, 5) is 12.2. The number of carbonyl (C=O) groups excluding carboxylic acids is 1. The molecule has 0 bridgehead atoms. The van der Waals surface area contributed by atoms with Gasteiger partial charge in [0.2, 0.25) is 5.91 Å². The summed E-state index contributed by atoms with van der Waals surface area (Å²) in [7, 11) is 0. The molecule has 0 unspecified atom stereocenters. The SMILES string of the molecule is C=CCn1c(SCC(=O)Nc2ccc(O)cc2)nnc1-c1ccc(Cl)cc1. The first-order chi connectivity index (χ1) is 13.1. The summed E-state index contributed by atoms with van der Waals surface area (Å²) in [5, 5.41) is 21.8. The van der Waals surface area contributed by atoms with Gasteiger partial charge in [-0.3, -0.25) is 9.36 Å². The summed E-state index contributed by atoms with van der Waals surface area (Å²) in [5.74, 6) is 0.839. The Labute approximate surface area is 165 Å². The molecule has 2 aromatic carbocycles. The van der Waals surface area contributed by atoms with Gasteiger partial charge < -0.3 is 10.4 Å². The number of allylic oxidation sites excluding steroid dienone is 1. The number of aromatic nitrogens is 3. The van der Waals surface area contributed by atoms with Crippen molar-refractivity contribution in [1.82, 2.24) is 14.8 Å². The van der Waals surface area contributed by atoms with E-state index in [0.29, 0.717) is 28.2 Å². The molecule has 0 fully saturated rings. The van der Waals surface area contributed by atoms with E-state index >= 15 is 0 Å². The molecule has 0 saturated heterocycles. The molecule has 3 aromatic rings. The first-order valence-electron chi connectivity index (χ1n) is 8.08. The molecule has 0 radical (unpaired) electrons. The number of aromatic hydroxyl groups is 1. The molecule has 0 aliphatic heterocycles. The lowest BCUT2D eigenvalue weighted by Crippen LogP contribution is -2.14. The largest absolute Gasteiger partial charge is 0.508 e. The highest BCUT2D eigenvalue weighted by Gasteiger charge is 2.15. The lowest BCUT2D eigenvalue weighted by atomic mass is 10.2. The highest BCUT2D eigenvalue weighted by molar-refractivity contribution is 7.99. The number of anilines is 1. The van der Waals surface area contributed by atoms with Crippen molar-refractivity contribution in [3.05, 3.63) is 66.2 Å². The molecule has 0 atom stereocenters. The molecule has 0 spiro atoms. The van der Waals surface area contributed by atoms with Crippen molar-refractivity contribution >= 4 is 35.0 Å². The zero-order chi connectivity index (χ0) is 19.2. The summed E-state index contributed by atoms with van der Waals surface area (Å²) < 4.78 is 1.90. The van der Waals surface area contributed by atoms with Crippen molar-refractivity contribution in [2.45, 2.75) is 11.7 Å². The fourth-order valence-electron chi connectivity index (χ4n) is 2.37. The maximum atomic E-state index is 12.2. The third kappa shape index (κ3) is 4.90. The molecule has 1 heterocycles. The van der Waals surface area contributed by atoms with Crippen LogP contribution in [0.4, 0.5) is 5.69 Å². The molecule has 0 saturated carbocycles. The number of hydrogen-bond acceptors (Lipinski definition) is 5. The first-order valence-corrected chi connectivity index (χ1v) is 9.45. The van der Waals surface area contributed by atoms with Crippen LogP contribution in [0.2, 0.25) is 5.02 Å². The third-order valence-corrected chi connectivity index (χ3v) is 4.83. The van der Waals surface area contributed by atoms with E-state index in [2.05, 4.69) is 22.1 Å². The van der Waals surface area contributed by atoms with Gasteiger partial charge in [0.05, 0.1) is 5.75 Å². The molecular formula is C19H17ClN4O2S. The van der Waals surface area contributed by atoms with Crippen LogP contribution in [-0.4, -0.2) is 31.5 Å². The second-order valence-electron chi connectivity index (χ2n) is 5.60. The van der Waals surface area contributed by atoms with Gasteiger partial charge in [-0.2, -0.15) is 0 Å². The maximum Gasteiger partial charge on any atom is 0.234 e. The second-order valence-corrected chi connectivity index (χ2v) is 6.98. The van der Waals surface area contributed by atoms with Crippen LogP contribution < -0.4 is 5.32 Å². The van der Waals surface area contributed by atoms with Gasteiger partial charge in [0, 0.05) is 22.8 Å². The van der Waals surface area contributed by atoms with E-state index in [1.54, 1.807) is 30.3 Å². The van der Waals surface area contributed by atoms with Gasteiger partial charge in [-0.15, -0.1) is 16.8 Å². The lowest BCUT2D eigenvalue weighted by Gasteiger charge is -2.08. The summed E-state index contributed by atoms with van der Waals surface area (Å²) in [6.45, 7) is 4.30. The first kappa shape index (κ1) is 19.0. The van der Waals surface area contributed by atoms with Crippen LogP contribution in [0.25, 0.3) is 11.4 Å². The van der Waals surface area contributed by atoms with E-state index in [4.69, 9.17) is 11.6 Å². The van der Waals surface area contributed by atoms with E-state index in [1.807, 2.05) is 16.7 Å². The molecule has 1 amide bonds. The topological polar surface area (TPSA) is 80.0 Å². The summed E-state index contributed by atoms with van der Waals surface area (Å²) >= 11 is 7.23. The van der Waals surface area contributed by atoms with E-state index in [-0.39, 0.29) is 17.4 Å². The standard InChI is InChI=1S/C19H17ClN4O2S/c1-2-11-24-18(13-3-5-14(20)6-4-13)22-23-19(24)27-12-17(26)21-15-7-9-16(25)10-8-15/h2-10,25H,1,11-12H2,(H,21,26). The summed E-state index contributed by atoms with van der Waals surface area (Å²) in [6, 6.07) is 13.6. The molecule has 27 heavy (non-hydrogen) atoms. The molecular weight excluding hydrogens is 384 g/mol. The Bertz CT molecular complexity index is 939. The number of benzene rings is 2. The average Bonchev–Trinajstić information content (AvgIpc) is 3.06. The van der Waals surface area contributed by atoms with Crippen molar-refractivity contribution in [3.8, 4) is 17.1 Å². The third-order valence-electron chi connectivity index (χ3n) is 3.61. The van der Waals surface area contributed by atoms with Gasteiger partial charge in [0.1, 0.15) is 5.75 Å².